The minimum Gasteiger partial charge on any atom is -0.358 e. The van der Waals surface area contributed by atoms with E-state index in [1.807, 2.05) is 0 Å². The Morgan fingerprint density at radius 1 is 1.47 bits per heavy atom. The van der Waals surface area contributed by atoms with E-state index in [2.05, 4.69) is 5.32 Å². The standard InChI is InChI=1S/C10H5ClN4O2/c11-9-2-1-8(15(16)17)3-10(9)14-6-7(4-12)5-13/h1-3,6,14H. The summed E-state index contributed by atoms with van der Waals surface area (Å²) in [7, 11) is 0. The van der Waals surface area contributed by atoms with Gasteiger partial charge in [0.25, 0.3) is 5.69 Å². The summed E-state index contributed by atoms with van der Waals surface area (Å²) in [4.78, 5) is 9.96. The number of nitrogens with zero attached hydrogens (tertiary/aromatic N) is 3. The van der Waals surface area contributed by atoms with Crippen LogP contribution in [0, 0.1) is 32.8 Å². The molecule has 0 saturated heterocycles. The highest BCUT2D eigenvalue weighted by Crippen LogP contribution is 2.26. The van der Waals surface area contributed by atoms with E-state index in [-0.39, 0.29) is 22.0 Å². The average Bonchev–Trinajstić information content (AvgIpc) is 2.32. The highest BCUT2D eigenvalue weighted by Gasteiger charge is 2.08. The molecule has 1 aromatic carbocycles. The Balaban J connectivity index is 3.04. The highest BCUT2D eigenvalue weighted by atomic mass is 35.5. The van der Waals surface area contributed by atoms with Crippen LogP contribution in [0.4, 0.5) is 11.4 Å². The minimum absolute atomic E-state index is 0.138. The molecule has 1 N–H and O–H groups in total. The van der Waals surface area contributed by atoms with Crippen LogP contribution in [0.1, 0.15) is 0 Å². The summed E-state index contributed by atoms with van der Waals surface area (Å²) in [6.45, 7) is 0. The molecule has 0 heterocycles. The van der Waals surface area contributed by atoms with Crippen molar-refractivity contribution in [3.63, 3.8) is 0 Å². The molecular formula is C10H5ClN4O2. The van der Waals surface area contributed by atoms with E-state index in [0.29, 0.717) is 0 Å². The van der Waals surface area contributed by atoms with E-state index >= 15 is 0 Å². The third kappa shape index (κ3) is 3.20. The fourth-order valence-electron chi connectivity index (χ4n) is 0.977. The van der Waals surface area contributed by atoms with Gasteiger partial charge >= 0.3 is 0 Å². The third-order valence-electron chi connectivity index (χ3n) is 1.77. The molecule has 0 amide bonds. The predicted octanol–water partition coefficient (Wildman–Crippen LogP) is 2.59. The number of benzene rings is 1. The van der Waals surface area contributed by atoms with Gasteiger partial charge in [0.1, 0.15) is 17.7 Å². The number of halogens is 1. The Labute approximate surface area is 101 Å². The number of hydrogen-bond donors (Lipinski definition) is 1. The van der Waals surface area contributed by atoms with E-state index in [4.69, 9.17) is 22.1 Å². The molecule has 0 aliphatic carbocycles. The summed E-state index contributed by atoms with van der Waals surface area (Å²) < 4.78 is 0. The van der Waals surface area contributed by atoms with Crippen molar-refractivity contribution in [2.45, 2.75) is 0 Å². The SMILES string of the molecule is N#CC(C#N)=CNc1cc([N+](=O)[O-])ccc1Cl. The summed E-state index contributed by atoms with van der Waals surface area (Å²) in [5, 5.41) is 30.3. The van der Waals surface area contributed by atoms with Crippen LogP contribution in [-0.2, 0) is 0 Å². The molecule has 7 heteroatoms. The van der Waals surface area contributed by atoms with Gasteiger partial charge in [-0.15, -0.1) is 0 Å². The van der Waals surface area contributed by atoms with Crippen LogP contribution in [0.25, 0.3) is 0 Å². The molecule has 0 aliphatic heterocycles. The maximum atomic E-state index is 10.5. The number of non-ortho nitro benzene ring substituents is 1. The molecule has 6 nitrogen and oxygen atoms in total. The number of anilines is 1. The van der Waals surface area contributed by atoms with Crippen molar-refractivity contribution in [1.29, 1.82) is 10.5 Å². The van der Waals surface area contributed by atoms with E-state index in [0.717, 1.165) is 6.20 Å². The first-order valence-corrected chi connectivity index (χ1v) is 4.67. The first-order valence-electron chi connectivity index (χ1n) is 4.29. The van der Waals surface area contributed by atoms with E-state index < -0.39 is 4.92 Å². The molecule has 17 heavy (non-hydrogen) atoms. The lowest BCUT2D eigenvalue weighted by molar-refractivity contribution is -0.384. The second kappa shape index (κ2) is 5.50. The monoisotopic (exact) mass is 248 g/mol. The van der Waals surface area contributed by atoms with Gasteiger partial charge in [0.15, 0.2) is 0 Å². The summed E-state index contributed by atoms with van der Waals surface area (Å²) in [5.74, 6) is 0. The zero-order valence-electron chi connectivity index (χ0n) is 8.35. The van der Waals surface area contributed by atoms with Crippen LogP contribution in [0.5, 0.6) is 0 Å². The zero-order chi connectivity index (χ0) is 12.8. The first-order chi connectivity index (χ1) is 8.08. The van der Waals surface area contributed by atoms with Gasteiger partial charge in [0.05, 0.1) is 15.6 Å². The number of nitro benzene ring substituents is 1. The number of allylic oxidation sites excluding steroid dienone is 1. The normalized spacial score (nSPS) is 8.65. The van der Waals surface area contributed by atoms with Gasteiger partial charge < -0.3 is 5.32 Å². The summed E-state index contributed by atoms with van der Waals surface area (Å²) in [6.07, 6.45) is 1.13. The van der Waals surface area contributed by atoms with Crippen molar-refractivity contribution in [3.8, 4) is 12.1 Å². The predicted molar refractivity (Wildman–Crippen MR) is 61.0 cm³/mol. The molecule has 0 aromatic heterocycles. The maximum Gasteiger partial charge on any atom is 0.271 e. The van der Waals surface area contributed by atoms with Crippen LogP contribution >= 0.6 is 11.6 Å². The van der Waals surface area contributed by atoms with Gasteiger partial charge in [-0.25, -0.2) is 0 Å². The molecule has 0 fully saturated rings. The fourth-order valence-corrected chi connectivity index (χ4v) is 1.15. The second-order valence-electron chi connectivity index (χ2n) is 2.85. The van der Waals surface area contributed by atoms with Gasteiger partial charge in [-0.1, -0.05) is 11.6 Å². The van der Waals surface area contributed by atoms with Crippen molar-refractivity contribution in [2.75, 3.05) is 5.32 Å². The van der Waals surface area contributed by atoms with Crippen molar-refractivity contribution < 1.29 is 4.92 Å². The van der Waals surface area contributed by atoms with Gasteiger partial charge in [-0.2, -0.15) is 10.5 Å². The van der Waals surface area contributed by atoms with E-state index in [1.54, 1.807) is 12.1 Å². The van der Waals surface area contributed by atoms with E-state index in [9.17, 15) is 10.1 Å². The summed E-state index contributed by atoms with van der Waals surface area (Å²) >= 11 is 5.79. The van der Waals surface area contributed by atoms with Gasteiger partial charge in [-0.05, 0) is 6.07 Å². The van der Waals surface area contributed by atoms with Crippen LogP contribution in [0.15, 0.2) is 30.0 Å². The molecule has 84 valence electrons. The lowest BCUT2D eigenvalue weighted by atomic mass is 10.2. The Bertz CT molecular complexity index is 553. The van der Waals surface area contributed by atoms with Crippen molar-refractivity contribution >= 4 is 23.0 Å². The van der Waals surface area contributed by atoms with Crippen molar-refractivity contribution in [1.82, 2.24) is 0 Å². The Hall–Kier alpha value is -2.57. The molecule has 0 spiro atoms. The van der Waals surface area contributed by atoms with Crippen molar-refractivity contribution in [3.05, 3.63) is 45.1 Å². The largest absolute Gasteiger partial charge is 0.358 e. The molecule has 0 bridgehead atoms. The molecule has 0 unspecified atom stereocenters. The smallest absolute Gasteiger partial charge is 0.271 e. The molecular weight excluding hydrogens is 244 g/mol. The fraction of sp³-hybridized carbons (Fsp3) is 0. The number of hydrogen-bond acceptors (Lipinski definition) is 5. The molecule has 1 rings (SSSR count). The van der Waals surface area contributed by atoms with Gasteiger partial charge in [-0.3, -0.25) is 10.1 Å². The third-order valence-corrected chi connectivity index (χ3v) is 2.10. The average molecular weight is 249 g/mol. The highest BCUT2D eigenvalue weighted by molar-refractivity contribution is 6.33. The number of nitro groups is 1. The second-order valence-corrected chi connectivity index (χ2v) is 3.25. The van der Waals surface area contributed by atoms with Gasteiger partial charge in [0.2, 0.25) is 0 Å². The molecule has 0 saturated carbocycles. The number of nitrogens with one attached hydrogen (secondary N) is 1. The zero-order valence-corrected chi connectivity index (χ0v) is 9.10. The molecule has 0 aliphatic rings. The molecule has 0 atom stereocenters. The topological polar surface area (TPSA) is 103 Å². The summed E-state index contributed by atoms with van der Waals surface area (Å²) in [5.41, 5.74) is -0.0443. The number of rotatable bonds is 3. The summed E-state index contributed by atoms with van der Waals surface area (Å²) in [6, 6.07) is 7.10. The van der Waals surface area contributed by atoms with Gasteiger partial charge in [0, 0.05) is 18.3 Å². The Kier molecular flexibility index (Phi) is 4.04. The molecule has 0 radical (unpaired) electrons. The van der Waals surface area contributed by atoms with E-state index in [1.165, 1.54) is 18.2 Å². The van der Waals surface area contributed by atoms with Crippen LogP contribution in [-0.4, -0.2) is 4.92 Å². The first kappa shape index (κ1) is 12.5. The van der Waals surface area contributed by atoms with Crippen molar-refractivity contribution in [2.24, 2.45) is 0 Å². The lowest BCUT2D eigenvalue weighted by Gasteiger charge is -2.02. The Morgan fingerprint density at radius 2 is 2.12 bits per heavy atom. The van der Waals surface area contributed by atoms with Crippen LogP contribution in [0.2, 0.25) is 5.02 Å². The minimum atomic E-state index is -0.569. The number of nitriles is 2. The Morgan fingerprint density at radius 3 is 2.65 bits per heavy atom. The maximum absolute atomic E-state index is 10.5. The van der Waals surface area contributed by atoms with Crippen LogP contribution in [0.3, 0.4) is 0 Å². The quantitative estimate of drug-likeness (QED) is 0.503. The molecule has 1 aromatic rings. The van der Waals surface area contributed by atoms with Crippen LogP contribution < -0.4 is 5.32 Å². The lowest BCUT2D eigenvalue weighted by Crippen LogP contribution is -1.93.